The largest absolute Gasteiger partial charge is 0.354 e. The summed E-state index contributed by atoms with van der Waals surface area (Å²) >= 11 is 0. The van der Waals surface area contributed by atoms with Crippen LogP contribution < -0.4 is 5.32 Å². The first-order valence-electron chi connectivity index (χ1n) is 6.81. The second-order valence-electron chi connectivity index (χ2n) is 5.02. The summed E-state index contributed by atoms with van der Waals surface area (Å²) in [5.41, 5.74) is 0. The highest BCUT2D eigenvalue weighted by atomic mass is 16.2. The van der Waals surface area contributed by atoms with Gasteiger partial charge in [-0.25, -0.2) is 0 Å². The molecule has 0 aliphatic carbocycles. The number of carbonyl (C=O) groups excluding carboxylic acids is 2. The molecule has 0 aromatic carbocycles. The normalized spacial score (nSPS) is 19.2. The van der Waals surface area contributed by atoms with Crippen molar-refractivity contribution in [3.63, 3.8) is 0 Å². The van der Waals surface area contributed by atoms with Crippen LogP contribution >= 0.6 is 0 Å². The van der Waals surface area contributed by atoms with Gasteiger partial charge in [-0.15, -0.1) is 0 Å². The number of nitrogens with zero attached hydrogens (tertiary/aromatic N) is 2. The monoisotopic (exact) mass is 263 g/mol. The minimum atomic E-state index is -0.0534. The number of hydrogen-bond donors (Lipinski definition) is 1. The van der Waals surface area contributed by atoms with E-state index in [0.29, 0.717) is 13.1 Å². The lowest BCUT2D eigenvalue weighted by atomic mass is 9.97. The van der Waals surface area contributed by atoms with Crippen LogP contribution in [0.5, 0.6) is 0 Å². The van der Waals surface area contributed by atoms with Crippen molar-refractivity contribution in [3.05, 3.63) is 24.5 Å². The molecule has 1 aromatic rings. The van der Waals surface area contributed by atoms with E-state index in [1.54, 1.807) is 11.8 Å². The number of aromatic nitrogens is 1. The average Bonchev–Trinajstić information content (AvgIpc) is 2.92. The molecule has 2 amide bonds. The first-order valence-corrected chi connectivity index (χ1v) is 6.81. The lowest BCUT2D eigenvalue weighted by Gasteiger charge is -2.31. The Morgan fingerprint density at radius 1 is 1.32 bits per heavy atom. The van der Waals surface area contributed by atoms with Gasteiger partial charge in [-0.3, -0.25) is 9.59 Å². The summed E-state index contributed by atoms with van der Waals surface area (Å²) in [4.78, 5) is 25.1. The topological polar surface area (TPSA) is 54.3 Å². The van der Waals surface area contributed by atoms with Gasteiger partial charge < -0.3 is 14.8 Å². The number of likely N-dealkylation sites (tertiary alicyclic amines) is 1. The zero-order valence-corrected chi connectivity index (χ0v) is 11.3. The molecule has 1 aliphatic rings. The van der Waals surface area contributed by atoms with E-state index >= 15 is 0 Å². The Morgan fingerprint density at radius 2 is 2.05 bits per heavy atom. The summed E-state index contributed by atoms with van der Waals surface area (Å²) < 4.78 is 2.03. The van der Waals surface area contributed by atoms with Crippen molar-refractivity contribution in [1.29, 1.82) is 0 Å². The molecule has 1 saturated heterocycles. The number of hydrogen-bond acceptors (Lipinski definition) is 2. The molecule has 19 heavy (non-hydrogen) atoms. The smallest absolute Gasteiger partial charge is 0.224 e. The molecular weight excluding hydrogens is 242 g/mol. The van der Waals surface area contributed by atoms with Crippen LogP contribution in [0.1, 0.15) is 19.8 Å². The molecular formula is C14H21N3O2. The van der Waals surface area contributed by atoms with Gasteiger partial charge in [-0.1, -0.05) is 0 Å². The maximum atomic E-state index is 12.0. The lowest BCUT2D eigenvalue weighted by Crippen LogP contribution is -2.45. The third kappa shape index (κ3) is 3.84. The van der Waals surface area contributed by atoms with Gasteiger partial charge in [-0.05, 0) is 25.0 Å². The fraction of sp³-hybridized carbons (Fsp3) is 0.571. The molecule has 1 aromatic heterocycles. The fourth-order valence-corrected chi connectivity index (χ4v) is 2.45. The van der Waals surface area contributed by atoms with E-state index in [-0.39, 0.29) is 17.7 Å². The first kappa shape index (κ1) is 13.6. The Bertz CT molecular complexity index is 428. The van der Waals surface area contributed by atoms with Gasteiger partial charge in [0, 0.05) is 45.5 Å². The summed E-state index contributed by atoms with van der Waals surface area (Å²) in [6.45, 7) is 4.31. The van der Waals surface area contributed by atoms with Crippen LogP contribution in [0.2, 0.25) is 0 Å². The van der Waals surface area contributed by atoms with Crippen LogP contribution in [0.3, 0.4) is 0 Å². The van der Waals surface area contributed by atoms with Gasteiger partial charge in [0.1, 0.15) is 0 Å². The molecule has 0 spiro atoms. The van der Waals surface area contributed by atoms with Gasteiger partial charge in [-0.2, -0.15) is 0 Å². The standard InChI is InChI=1S/C14H21N3O2/c1-12(18)17-9-4-5-13(11-17)14(19)15-6-10-16-7-2-3-8-16/h2-3,7-8,13H,4-6,9-11H2,1H3,(H,15,19)/t13-/m1/s1. The van der Waals surface area contributed by atoms with Crippen molar-refractivity contribution >= 4 is 11.8 Å². The molecule has 0 bridgehead atoms. The van der Waals surface area contributed by atoms with E-state index in [4.69, 9.17) is 0 Å². The van der Waals surface area contributed by atoms with Crippen LogP contribution in [0.4, 0.5) is 0 Å². The summed E-state index contributed by atoms with van der Waals surface area (Å²) in [5, 5.41) is 2.95. The van der Waals surface area contributed by atoms with Crippen molar-refractivity contribution in [2.24, 2.45) is 5.92 Å². The van der Waals surface area contributed by atoms with Crippen molar-refractivity contribution < 1.29 is 9.59 Å². The van der Waals surface area contributed by atoms with Crippen LogP contribution in [0, 0.1) is 5.92 Å². The van der Waals surface area contributed by atoms with Crippen molar-refractivity contribution in [3.8, 4) is 0 Å². The average molecular weight is 263 g/mol. The number of amides is 2. The highest BCUT2D eigenvalue weighted by Gasteiger charge is 2.26. The van der Waals surface area contributed by atoms with Crippen LogP contribution in [0.15, 0.2) is 24.5 Å². The highest BCUT2D eigenvalue weighted by Crippen LogP contribution is 2.16. The lowest BCUT2D eigenvalue weighted by molar-refractivity contribution is -0.133. The zero-order valence-electron chi connectivity index (χ0n) is 11.3. The third-order valence-electron chi connectivity index (χ3n) is 3.57. The Kier molecular flexibility index (Phi) is 4.60. The highest BCUT2D eigenvalue weighted by molar-refractivity contribution is 5.80. The third-order valence-corrected chi connectivity index (χ3v) is 3.57. The van der Waals surface area contributed by atoms with Crippen LogP contribution in [0.25, 0.3) is 0 Å². The quantitative estimate of drug-likeness (QED) is 0.876. The minimum Gasteiger partial charge on any atom is -0.354 e. The number of rotatable bonds is 4. The maximum absolute atomic E-state index is 12.0. The number of nitrogens with one attached hydrogen (secondary N) is 1. The Hall–Kier alpha value is -1.78. The Labute approximate surface area is 113 Å². The van der Waals surface area contributed by atoms with Crippen molar-refractivity contribution in [1.82, 2.24) is 14.8 Å². The molecule has 1 fully saturated rings. The molecule has 0 radical (unpaired) electrons. The number of carbonyl (C=O) groups is 2. The fourth-order valence-electron chi connectivity index (χ4n) is 2.45. The summed E-state index contributed by atoms with van der Waals surface area (Å²) in [6, 6.07) is 3.93. The molecule has 5 nitrogen and oxygen atoms in total. The second kappa shape index (κ2) is 6.41. The predicted molar refractivity (Wildman–Crippen MR) is 72.4 cm³/mol. The van der Waals surface area contributed by atoms with Crippen molar-refractivity contribution in [2.45, 2.75) is 26.3 Å². The van der Waals surface area contributed by atoms with Crippen LogP contribution in [-0.4, -0.2) is 40.9 Å². The molecule has 1 atom stereocenters. The van der Waals surface area contributed by atoms with Crippen LogP contribution in [-0.2, 0) is 16.1 Å². The van der Waals surface area contributed by atoms with E-state index in [1.165, 1.54) is 0 Å². The van der Waals surface area contributed by atoms with Gasteiger partial charge in [0.2, 0.25) is 11.8 Å². The SMILES string of the molecule is CC(=O)N1CCC[C@@H](C(=O)NCCn2cccc2)C1. The molecule has 0 saturated carbocycles. The van der Waals surface area contributed by atoms with E-state index in [1.807, 2.05) is 29.1 Å². The molecule has 0 unspecified atom stereocenters. The minimum absolute atomic E-state index is 0.0534. The zero-order chi connectivity index (χ0) is 13.7. The summed E-state index contributed by atoms with van der Waals surface area (Å²) in [7, 11) is 0. The van der Waals surface area contributed by atoms with Crippen molar-refractivity contribution in [2.75, 3.05) is 19.6 Å². The van der Waals surface area contributed by atoms with E-state index < -0.39 is 0 Å². The predicted octanol–water partition coefficient (Wildman–Crippen LogP) is 0.863. The molecule has 2 heterocycles. The summed E-state index contributed by atoms with van der Waals surface area (Å²) in [5.74, 6) is 0.0743. The van der Waals surface area contributed by atoms with Gasteiger partial charge >= 0.3 is 0 Å². The van der Waals surface area contributed by atoms with E-state index in [2.05, 4.69) is 5.32 Å². The van der Waals surface area contributed by atoms with E-state index in [0.717, 1.165) is 25.9 Å². The number of piperidine rings is 1. The van der Waals surface area contributed by atoms with Gasteiger partial charge in [0.25, 0.3) is 0 Å². The second-order valence-corrected chi connectivity index (χ2v) is 5.02. The molecule has 1 N–H and O–H groups in total. The molecule has 104 valence electrons. The summed E-state index contributed by atoms with van der Waals surface area (Å²) in [6.07, 6.45) is 5.74. The first-order chi connectivity index (χ1) is 9.16. The Balaban J connectivity index is 1.74. The molecule has 2 rings (SSSR count). The van der Waals surface area contributed by atoms with Gasteiger partial charge in [0.15, 0.2) is 0 Å². The molecule has 1 aliphatic heterocycles. The molecule has 5 heteroatoms. The van der Waals surface area contributed by atoms with Gasteiger partial charge in [0.05, 0.1) is 5.92 Å². The van der Waals surface area contributed by atoms with E-state index in [9.17, 15) is 9.59 Å². The maximum Gasteiger partial charge on any atom is 0.224 e. The Morgan fingerprint density at radius 3 is 2.74 bits per heavy atom.